The number of pyridine rings is 1. The van der Waals surface area contributed by atoms with Crippen LogP contribution in [0, 0.1) is 17.3 Å². The Bertz CT molecular complexity index is 1280. The fourth-order valence-electron chi connectivity index (χ4n) is 5.92. The van der Waals surface area contributed by atoms with Crippen molar-refractivity contribution in [3.8, 4) is 0 Å². The van der Waals surface area contributed by atoms with Crippen LogP contribution in [0.15, 0.2) is 18.6 Å². The Morgan fingerprint density at radius 2 is 1.61 bits per heavy atom. The molecule has 2 fully saturated rings. The largest absolute Gasteiger partial charge is 0.481 e. The van der Waals surface area contributed by atoms with Crippen LogP contribution in [0.4, 0.5) is 13.2 Å². The summed E-state index contributed by atoms with van der Waals surface area (Å²) >= 11 is 12.3. The lowest BCUT2D eigenvalue weighted by atomic mass is 9.73. The van der Waals surface area contributed by atoms with Gasteiger partial charge >= 0.3 is 12.1 Å². The Labute approximate surface area is 246 Å². The summed E-state index contributed by atoms with van der Waals surface area (Å²) in [6.07, 6.45) is 2.58. The first-order chi connectivity index (χ1) is 19.2. The number of aromatic nitrogens is 3. The van der Waals surface area contributed by atoms with E-state index in [4.69, 9.17) is 23.2 Å². The van der Waals surface area contributed by atoms with Crippen molar-refractivity contribution in [2.75, 3.05) is 13.1 Å². The van der Waals surface area contributed by atoms with E-state index in [2.05, 4.69) is 23.9 Å². The first kappa shape index (κ1) is 31.3. The molecular formula is C28H33Cl2F3N4O4. The number of carbonyl (C=O) groups excluding carboxylic acids is 2. The minimum atomic E-state index is -4.91. The first-order valence-corrected chi connectivity index (χ1v) is 14.4. The molecule has 1 amide bonds. The van der Waals surface area contributed by atoms with Crippen molar-refractivity contribution < 1.29 is 32.7 Å². The van der Waals surface area contributed by atoms with Crippen LogP contribution in [0.5, 0.6) is 0 Å². The summed E-state index contributed by atoms with van der Waals surface area (Å²) in [5.74, 6) is -3.16. The van der Waals surface area contributed by atoms with Crippen LogP contribution in [0.2, 0.25) is 10.0 Å². The zero-order valence-electron chi connectivity index (χ0n) is 22.9. The van der Waals surface area contributed by atoms with Gasteiger partial charge in [-0.1, -0.05) is 37.0 Å². The minimum absolute atomic E-state index is 0.00108. The summed E-state index contributed by atoms with van der Waals surface area (Å²) in [5, 5.41) is 13.2. The number of hydrogen-bond acceptors (Lipinski definition) is 5. The highest BCUT2D eigenvalue weighted by Crippen LogP contribution is 2.41. The molecule has 2 aliphatic carbocycles. The van der Waals surface area contributed by atoms with Gasteiger partial charge in [-0.15, -0.1) is 0 Å². The summed E-state index contributed by atoms with van der Waals surface area (Å²) in [4.78, 5) is 43.5. The highest BCUT2D eigenvalue weighted by atomic mass is 35.5. The van der Waals surface area contributed by atoms with E-state index in [-0.39, 0.29) is 59.2 Å². The Hall–Kier alpha value is -2.66. The van der Waals surface area contributed by atoms with Gasteiger partial charge in [0.25, 0.3) is 5.91 Å². The second-order valence-electron chi connectivity index (χ2n) is 11.9. The standard InChI is InChI=1S/C28H33Cl2F3N4O4/c1-27(2)9-7-16(8-10-27)14-36(15-22(38)23-20(29)12-34-13-21(23)30)25(39)19-11-35-37(24(19)28(31,32)33)18-5-3-17(4-6-18)26(40)41/h11-13,16-18H,3-10,14-15H2,1-2H3,(H,40,41). The molecule has 0 spiro atoms. The maximum atomic E-state index is 14.5. The number of carboxylic acids is 1. The van der Waals surface area contributed by atoms with Gasteiger partial charge in [-0.3, -0.25) is 24.0 Å². The fourth-order valence-corrected chi connectivity index (χ4v) is 6.49. The Kier molecular flexibility index (Phi) is 9.38. The van der Waals surface area contributed by atoms with E-state index in [0.717, 1.165) is 41.5 Å². The van der Waals surface area contributed by atoms with Gasteiger partial charge in [0.15, 0.2) is 11.5 Å². The topological polar surface area (TPSA) is 105 Å². The Morgan fingerprint density at radius 3 is 2.15 bits per heavy atom. The van der Waals surface area contributed by atoms with E-state index in [1.807, 2.05) is 0 Å². The molecule has 8 nitrogen and oxygen atoms in total. The van der Waals surface area contributed by atoms with Crippen LogP contribution in [0.3, 0.4) is 0 Å². The van der Waals surface area contributed by atoms with Crippen LogP contribution < -0.4 is 0 Å². The molecular weight excluding hydrogens is 584 g/mol. The summed E-state index contributed by atoms with van der Waals surface area (Å²) < 4.78 is 44.2. The summed E-state index contributed by atoms with van der Waals surface area (Å²) in [6.45, 7) is 3.87. The first-order valence-electron chi connectivity index (χ1n) is 13.7. The maximum Gasteiger partial charge on any atom is 0.433 e. The number of aliphatic carboxylic acids is 1. The SMILES string of the molecule is CC1(C)CCC(CN(CC(=O)c2c(Cl)cncc2Cl)C(=O)c2cnn(C3CCC(C(=O)O)CC3)c2C(F)(F)F)CC1. The van der Waals surface area contributed by atoms with Gasteiger partial charge in [0.1, 0.15) is 0 Å². The van der Waals surface area contributed by atoms with Crippen molar-refractivity contribution in [3.05, 3.63) is 45.5 Å². The molecule has 0 radical (unpaired) electrons. The molecule has 13 heteroatoms. The van der Waals surface area contributed by atoms with Crippen molar-refractivity contribution in [1.82, 2.24) is 19.7 Å². The Balaban J connectivity index is 1.66. The van der Waals surface area contributed by atoms with Gasteiger partial charge in [0.05, 0.1) is 45.9 Å². The molecule has 2 aliphatic rings. The van der Waals surface area contributed by atoms with Crippen molar-refractivity contribution in [2.45, 2.75) is 77.4 Å². The number of hydrogen-bond donors (Lipinski definition) is 1. The second-order valence-corrected chi connectivity index (χ2v) is 12.7. The summed E-state index contributed by atoms with van der Waals surface area (Å²) in [7, 11) is 0. The molecule has 2 aromatic heterocycles. The molecule has 224 valence electrons. The van der Waals surface area contributed by atoms with E-state index in [1.54, 1.807) is 0 Å². The maximum absolute atomic E-state index is 14.5. The van der Waals surface area contributed by atoms with E-state index in [1.165, 1.54) is 12.4 Å². The molecule has 4 rings (SSSR count). The number of alkyl halides is 3. The molecule has 0 aliphatic heterocycles. The monoisotopic (exact) mass is 616 g/mol. The second kappa shape index (κ2) is 12.3. The highest BCUT2D eigenvalue weighted by Gasteiger charge is 2.44. The van der Waals surface area contributed by atoms with Crippen LogP contribution >= 0.6 is 23.2 Å². The lowest BCUT2D eigenvalue weighted by Gasteiger charge is -2.36. The molecule has 0 atom stereocenters. The predicted octanol–water partition coefficient (Wildman–Crippen LogP) is 6.96. The average molecular weight is 617 g/mol. The quantitative estimate of drug-likeness (QED) is 0.321. The number of ketones is 1. The Morgan fingerprint density at radius 1 is 1.02 bits per heavy atom. The smallest absolute Gasteiger partial charge is 0.433 e. The number of amides is 1. The number of rotatable bonds is 8. The van der Waals surface area contributed by atoms with Gasteiger partial charge in [-0.25, -0.2) is 0 Å². The van der Waals surface area contributed by atoms with Crippen LogP contribution in [-0.2, 0) is 11.0 Å². The van der Waals surface area contributed by atoms with E-state index in [0.29, 0.717) is 0 Å². The van der Waals surface area contributed by atoms with Gasteiger partial charge in [0.2, 0.25) is 0 Å². The molecule has 2 aromatic rings. The lowest BCUT2D eigenvalue weighted by Crippen LogP contribution is -2.41. The van der Waals surface area contributed by atoms with E-state index >= 15 is 0 Å². The minimum Gasteiger partial charge on any atom is -0.481 e. The molecule has 0 bridgehead atoms. The summed E-state index contributed by atoms with van der Waals surface area (Å²) in [6, 6.07) is -0.700. The number of nitrogens with zero attached hydrogens (tertiary/aromatic N) is 4. The number of halogens is 5. The van der Waals surface area contributed by atoms with Crippen molar-refractivity contribution in [2.24, 2.45) is 17.3 Å². The molecule has 0 aromatic carbocycles. The molecule has 41 heavy (non-hydrogen) atoms. The van der Waals surface area contributed by atoms with Crippen molar-refractivity contribution in [3.63, 3.8) is 0 Å². The predicted molar refractivity (Wildman–Crippen MR) is 146 cm³/mol. The third kappa shape index (κ3) is 7.23. The van der Waals surface area contributed by atoms with Gasteiger partial charge in [0, 0.05) is 18.9 Å². The van der Waals surface area contributed by atoms with E-state index in [9.17, 15) is 32.7 Å². The van der Waals surface area contributed by atoms with Crippen LogP contribution in [0.1, 0.15) is 97.7 Å². The van der Waals surface area contributed by atoms with E-state index < -0.39 is 53.6 Å². The zero-order chi connectivity index (χ0) is 30.1. The molecule has 0 saturated heterocycles. The van der Waals surface area contributed by atoms with Gasteiger partial charge in [-0.2, -0.15) is 18.3 Å². The highest BCUT2D eigenvalue weighted by molar-refractivity contribution is 6.39. The molecule has 0 unspecified atom stereocenters. The molecule has 2 heterocycles. The molecule has 2 saturated carbocycles. The average Bonchev–Trinajstić information content (AvgIpc) is 3.35. The fraction of sp³-hybridized carbons (Fsp3) is 0.607. The third-order valence-electron chi connectivity index (χ3n) is 8.38. The van der Waals surface area contributed by atoms with Crippen LogP contribution in [-0.4, -0.2) is 55.5 Å². The van der Waals surface area contributed by atoms with Crippen LogP contribution in [0.25, 0.3) is 0 Å². The van der Waals surface area contributed by atoms with Crippen molar-refractivity contribution >= 4 is 40.9 Å². The van der Waals surface area contributed by atoms with Crippen molar-refractivity contribution in [1.29, 1.82) is 0 Å². The lowest BCUT2D eigenvalue weighted by molar-refractivity contribution is -0.147. The normalized spacial score (nSPS) is 21.4. The van der Waals surface area contributed by atoms with Gasteiger partial charge < -0.3 is 10.0 Å². The zero-order valence-corrected chi connectivity index (χ0v) is 24.4. The number of carbonyl (C=O) groups is 3. The van der Waals surface area contributed by atoms with Gasteiger partial charge in [-0.05, 0) is 62.7 Å². The third-order valence-corrected chi connectivity index (χ3v) is 8.95. The molecule has 1 N–H and O–H groups in total. The number of carboxylic acid groups (broad SMARTS) is 1. The summed E-state index contributed by atoms with van der Waals surface area (Å²) in [5.41, 5.74) is -1.76. The number of Topliss-reactive ketones (excluding diaryl/α,β-unsaturated/α-hetero) is 1.